The van der Waals surface area contributed by atoms with Crippen LogP contribution in [0.1, 0.15) is 38.7 Å². The average molecular weight is 421 g/mol. The highest BCUT2D eigenvalue weighted by Gasteiger charge is 2.25. The van der Waals surface area contributed by atoms with Crippen LogP contribution < -0.4 is 5.32 Å². The number of quaternary nitrogens is 1. The largest absolute Gasteiger partial charge is 0.310 e. The van der Waals surface area contributed by atoms with Gasteiger partial charge >= 0.3 is 0 Å². The highest BCUT2D eigenvalue weighted by atomic mass is 16.1. The van der Waals surface area contributed by atoms with Gasteiger partial charge in [-0.3, -0.25) is 4.79 Å². The number of carbonyl (C=O) groups is 1. The summed E-state index contributed by atoms with van der Waals surface area (Å²) in [5, 5.41) is 9.87. The van der Waals surface area contributed by atoms with E-state index in [1.807, 2.05) is 26.4 Å². The molecule has 2 aliphatic heterocycles. The van der Waals surface area contributed by atoms with Crippen molar-refractivity contribution in [1.82, 2.24) is 9.88 Å². The van der Waals surface area contributed by atoms with Crippen molar-refractivity contribution in [3.63, 3.8) is 0 Å². The zero-order valence-corrected chi connectivity index (χ0v) is 19.1. The topological polar surface area (TPSA) is 57.6 Å². The molecular weight excluding hydrogens is 386 g/mol. The molecule has 1 aromatic heterocycles. The lowest BCUT2D eigenvalue weighted by Gasteiger charge is -2.31. The van der Waals surface area contributed by atoms with Crippen LogP contribution in [0.3, 0.4) is 0 Å². The van der Waals surface area contributed by atoms with E-state index in [0.29, 0.717) is 10.4 Å². The number of piperidine rings is 1. The molecule has 6 nitrogen and oxygen atoms in total. The summed E-state index contributed by atoms with van der Waals surface area (Å²) < 4.78 is 0.501. The Morgan fingerprint density at radius 1 is 1.19 bits per heavy atom. The number of hydrogen-bond acceptors (Lipinski definition) is 4. The predicted molar refractivity (Wildman–Crippen MR) is 127 cm³/mol. The Kier molecular flexibility index (Phi) is 6.21. The van der Waals surface area contributed by atoms with Gasteiger partial charge in [0.15, 0.2) is 0 Å². The molecule has 0 atom stereocenters. The Balaban J connectivity index is 1.41. The van der Waals surface area contributed by atoms with Gasteiger partial charge in [0.05, 0.1) is 14.1 Å². The molecule has 0 aliphatic carbocycles. The second-order valence-corrected chi connectivity index (χ2v) is 9.70. The molecule has 1 saturated heterocycles. The number of fused-ring (bicyclic) bond motifs is 1. The quantitative estimate of drug-likeness (QED) is 0.711. The fourth-order valence-electron chi connectivity index (χ4n) is 4.21. The molecule has 31 heavy (non-hydrogen) atoms. The summed E-state index contributed by atoms with van der Waals surface area (Å²) in [5.74, 6) is 1.51. The monoisotopic (exact) mass is 420 g/mol. The first kappa shape index (κ1) is 21.7. The zero-order valence-electron chi connectivity index (χ0n) is 19.1. The van der Waals surface area contributed by atoms with Crippen LogP contribution in [0.2, 0.25) is 0 Å². The number of hydrogen-bond donors (Lipinski definition) is 1. The minimum Gasteiger partial charge on any atom is -0.310 e. The van der Waals surface area contributed by atoms with Crippen molar-refractivity contribution in [3.05, 3.63) is 48.3 Å². The first-order chi connectivity index (χ1) is 14.8. The summed E-state index contributed by atoms with van der Waals surface area (Å²) in [6, 6.07) is 8.22. The molecule has 2 aromatic rings. The Morgan fingerprint density at radius 3 is 2.65 bits per heavy atom. The maximum absolute atomic E-state index is 12.8. The van der Waals surface area contributed by atoms with Gasteiger partial charge in [-0.15, -0.1) is 0 Å². The Hall–Kier alpha value is -2.57. The number of benzene rings is 1. The van der Waals surface area contributed by atoms with Crippen molar-refractivity contribution in [2.75, 3.05) is 39.0 Å². The molecule has 2 aliphatic rings. The van der Waals surface area contributed by atoms with E-state index in [2.05, 4.69) is 59.5 Å². The van der Waals surface area contributed by atoms with E-state index >= 15 is 0 Å². The van der Waals surface area contributed by atoms with Crippen molar-refractivity contribution in [3.8, 4) is 0 Å². The molecule has 3 heterocycles. The van der Waals surface area contributed by atoms with Crippen LogP contribution in [0, 0.1) is 11.8 Å². The van der Waals surface area contributed by atoms with Crippen LogP contribution in [-0.2, 0) is 4.79 Å². The molecule has 1 fully saturated rings. The number of pyridine rings is 1. The molecule has 4 rings (SSSR count). The molecule has 0 saturated carbocycles. The Bertz CT molecular complexity index is 1020. The molecule has 0 unspecified atom stereocenters. The van der Waals surface area contributed by atoms with Gasteiger partial charge in [0.25, 0.3) is 0 Å². The molecule has 1 amide bonds. The van der Waals surface area contributed by atoms with Gasteiger partial charge in [-0.1, -0.05) is 31.1 Å². The number of rotatable bonds is 6. The number of likely N-dealkylation sites (tertiary alicyclic amines) is 1. The molecule has 1 aromatic carbocycles. The van der Waals surface area contributed by atoms with Gasteiger partial charge in [0.1, 0.15) is 17.7 Å². The number of nitrogens with one attached hydrogen (secondary N) is 1. The lowest BCUT2D eigenvalue weighted by Crippen LogP contribution is -2.38. The van der Waals surface area contributed by atoms with Crippen molar-refractivity contribution in [1.29, 1.82) is 0 Å². The third-order valence-electron chi connectivity index (χ3n) is 6.21. The summed E-state index contributed by atoms with van der Waals surface area (Å²) in [6.07, 6.45) is 9.00. The molecule has 0 bridgehead atoms. The third kappa shape index (κ3) is 5.38. The number of nitrogens with zero attached hydrogens (tertiary/aromatic N) is 4. The number of carbonyl (C=O) groups excluding carboxylic acids is 1. The van der Waals surface area contributed by atoms with Crippen LogP contribution in [0.25, 0.3) is 10.8 Å². The normalized spacial score (nSPS) is 19.2. The smallest absolute Gasteiger partial charge is 0.228 e. The van der Waals surface area contributed by atoms with Gasteiger partial charge in [-0.05, 0) is 62.3 Å². The van der Waals surface area contributed by atoms with Gasteiger partial charge in [0, 0.05) is 29.1 Å². The van der Waals surface area contributed by atoms with Crippen LogP contribution in [-0.4, -0.2) is 59.8 Å². The molecule has 0 spiro atoms. The lowest BCUT2D eigenvalue weighted by molar-refractivity contribution is -0.843. The van der Waals surface area contributed by atoms with Crippen LogP contribution in [0.4, 0.5) is 5.82 Å². The molecule has 6 heteroatoms. The van der Waals surface area contributed by atoms with Gasteiger partial charge in [0.2, 0.25) is 5.91 Å². The highest BCUT2D eigenvalue weighted by Crippen LogP contribution is 2.24. The van der Waals surface area contributed by atoms with E-state index in [0.717, 1.165) is 60.4 Å². The van der Waals surface area contributed by atoms with Gasteiger partial charge < -0.3 is 10.2 Å². The number of allylic oxidation sites excluding steroid dienone is 1. The van der Waals surface area contributed by atoms with Crippen molar-refractivity contribution < 1.29 is 9.39 Å². The average Bonchev–Trinajstić information content (AvgIpc) is 3.11. The second kappa shape index (κ2) is 8.89. The highest BCUT2D eigenvalue weighted by molar-refractivity contribution is 6.10. The summed E-state index contributed by atoms with van der Waals surface area (Å²) in [6.45, 7) is 7.67. The van der Waals surface area contributed by atoms with Crippen molar-refractivity contribution in [2.45, 2.75) is 33.1 Å². The molecule has 164 valence electrons. The fourth-order valence-corrected chi connectivity index (χ4v) is 4.21. The minimum absolute atomic E-state index is 0.0668. The van der Waals surface area contributed by atoms with E-state index in [-0.39, 0.29) is 11.8 Å². The Labute approximate surface area is 185 Å². The fraction of sp³-hybridized carbons (Fsp3) is 0.480. The molecular formula is C25H34N5O+. The van der Waals surface area contributed by atoms with Crippen molar-refractivity contribution in [2.24, 2.45) is 16.9 Å². The van der Waals surface area contributed by atoms with E-state index in [4.69, 9.17) is 5.10 Å². The Morgan fingerprint density at radius 2 is 1.97 bits per heavy atom. The van der Waals surface area contributed by atoms with Crippen LogP contribution in [0.5, 0.6) is 0 Å². The first-order valence-electron chi connectivity index (χ1n) is 11.4. The maximum Gasteiger partial charge on any atom is 0.228 e. The van der Waals surface area contributed by atoms with Gasteiger partial charge in [-0.25, -0.2) is 4.98 Å². The molecule has 0 radical (unpaired) electrons. The second-order valence-electron chi connectivity index (χ2n) is 9.70. The van der Waals surface area contributed by atoms with E-state index in [1.165, 1.54) is 6.42 Å². The third-order valence-corrected chi connectivity index (χ3v) is 6.21. The maximum atomic E-state index is 12.8. The van der Waals surface area contributed by atoms with Crippen LogP contribution in [0.15, 0.2) is 47.8 Å². The number of anilines is 1. The summed E-state index contributed by atoms with van der Waals surface area (Å²) in [7, 11) is 4.08. The van der Waals surface area contributed by atoms with Crippen molar-refractivity contribution >= 4 is 28.2 Å². The summed E-state index contributed by atoms with van der Waals surface area (Å²) in [4.78, 5) is 19.8. The van der Waals surface area contributed by atoms with E-state index in [1.54, 1.807) is 0 Å². The molecule has 1 N–H and O–H groups in total. The predicted octanol–water partition coefficient (Wildman–Crippen LogP) is 4.24. The standard InChI is InChI=1S/C25H33N5O/c1-18(2)7-11-29-12-8-19(9-13-29)25(31)27-24-16-22-15-20(5-6-21(22)17-26-24)23-10-14-30(3,4)28-23/h5-6,10,14-19H,7-9,11-13H2,1-4H3/p+1. The van der Waals surface area contributed by atoms with Crippen LogP contribution >= 0.6 is 0 Å². The van der Waals surface area contributed by atoms with Gasteiger partial charge in [-0.2, -0.15) is 4.59 Å². The van der Waals surface area contributed by atoms with E-state index in [9.17, 15) is 4.79 Å². The lowest BCUT2D eigenvalue weighted by atomic mass is 9.95. The first-order valence-corrected chi connectivity index (χ1v) is 11.4. The number of amides is 1. The number of aromatic nitrogens is 1. The summed E-state index contributed by atoms with van der Waals surface area (Å²) >= 11 is 0. The minimum atomic E-state index is 0.0668. The van der Waals surface area contributed by atoms with E-state index < -0.39 is 0 Å². The zero-order chi connectivity index (χ0) is 22.0. The SMILES string of the molecule is CC(C)CCN1CCC(C(=O)Nc2cc3cc(C4=N[N+](C)(C)C=C4)ccc3cn2)CC1. The summed E-state index contributed by atoms with van der Waals surface area (Å²) in [5.41, 5.74) is 2.04.